The van der Waals surface area contributed by atoms with Crippen LogP contribution in [0.15, 0.2) is 34.9 Å². The van der Waals surface area contributed by atoms with Crippen molar-refractivity contribution in [3.8, 4) is 11.6 Å². The molecule has 0 aliphatic heterocycles. The number of para-hydroxylation sites is 1. The van der Waals surface area contributed by atoms with Crippen LogP contribution < -0.4 is 13.0 Å². The number of hydrogen-bond donors (Lipinski definition) is 0. The van der Waals surface area contributed by atoms with E-state index in [4.69, 9.17) is 2.64 Å². The minimum absolute atomic E-state index is 0.369. The Bertz CT molecular complexity index is 526. The molecule has 0 aliphatic rings. The maximum absolute atomic E-state index is 11.4. The zero-order valence-electron chi connectivity index (χ0n) is 9.12. The van der Waals surface area contributed by atoms with Crippen LogP contribution in [-0.2, 0) is 32.5 Å². The van der Waals surface area contributed by atoms with Crippen molar-refractivity contribution in [2.24, 2.45) is 0 Å². The van der Waals surface area contributed by atoms with Gasteiger partial charge in [0.1, 0.15) is 0 Å². The van der Waals surface area contributed by atoms with Crippen LogP contribution in [0.2, 0.25) is 0 Å². The molecule has 0 saturated carbocycles. The summed E-state index contributed by atoms with van der Waals surface area (Å²) in [5.41, 5.74) is 0.723. The monoisotopic (exact) mass is 422 g/mol. The number of benzene rings is 1. The Labute approximate surface area is 110 Å². The Morgan fingerprint density at radius 1 is 1.47 bits per heavy atom. The number of carbonyl (C=O) groups is 1. The van der Waals surface area contributed by atoms with Crippen molar-refractivity contribution >= 4 is 9.17 Å². The van der Waals surface area contributed by atoms with E-state index in [0.717, 1.165) is 5.69 Å². The molecular formula is C10H8HgN2O4. The van der Waals surface area contributed by atoms with Crippen molar-refractivity contribution in [2.75, 3.05) is 0 Å². The summed E-state index contributed by atoms with van der Waals surface area (Å²) < 4.78 is 11.4. The molecule has 0 amide bonds. The fourth-order valence-corrected chi connectivity index (χ4v) is 4.77. The normalized spacial score (nSPS) is 9.71. The van der Waals surface area contributed by atoms with E-state index < -0.39 is 31.0 Å². The first-order chi connectivity index (χ1) is 8.18. The van der Waals surface area contributed by atoms with Crippen LogP contribution in [0, 0.1) is 0 Å². The molecule has 7 heteroatoms. The van der Waals surface area contributed by atoms with Crippen molar-refractivity contribution < 1.29 is 46.8 Å². The standard InChI is InChI=1S/C8H6N2O2.C2H4O2.Hg/c11-8-6-10(9-12-8)7-4-2-1-3-5-7;1-2(3)4;/h1-5,11H;1H3,(H,3,4);/q+1;;+1/p-2. The molecular weight excluding hydrogens is 413 g/mol. The molecule has 0 atom stereocenters. The van der Waals surface area contributed by atoms with E-state index in [0.29, 0.717) is 3.20 Å². The van der Waals surface area contributed by atoms with Gasteiger partial charge in [0.25, 0.3) is 0 Å². The molecule has 6 nitrogen and oxygen atoms in total. The Morgan fingerprint density at radius 2 is 2.18 bits per heavy atom. The topological polar surface area (TPSA) is 79.3 Å². The summed E-state index contributed by atoms with van der Waals surface area (Å²) in [6.07, 6.45) is 0. The van der Waals surface area contributed by atoms with Crippen LogP contribution in [0.4, 0.5) is 0 Å². The zero-order chi connectivity index (χ0) is 12.3. The summed E-state index contributed by atoms with van der Waals surface area (Å²) in [5, 5.41) is 15.1. The van der Waals surface area contributed by atoms with Crippen LogP contribution in [-0.4, -0.2) is 11.2 Å². The third-order valence-electron chi connectivity index (χ3n) is 2.11. The van der Waals surface area contributed by atoms with E-state index in [1.807, 2.05) is 18.2 Å². The van der Waals surface area contributed by atoms with Gasteiger partial charge in [0, 0.05) is 0 Å². The minimum atomic E-state index is -2.26. The van der Waals surface area contributed by atoms with Gasteiger partial charge in [0.2, 0.25) is 0 Å². The quantitative estimate of drug-likeness (QED) is 0.480. The molecule has 0 radical (unpaired) electrons. The Hall–Kier alpha value is -1.43. The predicted octanol–water partition coefficient (Wildman–Crippen LogP) is -0.789. The van der Waals surface area contributed by atoms with E-state index in [2.05, 4.69) is 9.79 Å². The van der Waals surface area contributed by atoms with Gasteiger partial charge in [0.15, 0.2) is 0 Å². The van der Waals surface area contributed by atoms with E-state index in [1.54, 1.807) is 12.1 Å². The SMILES string of the molecule is CC(=O)[O][Hg][c]1c([O-])on[n+]1-c1ccccc1. The average Bonchev–Trinajstić information content (AvgIpc) is 2.69. The number of carbonyl (C=O) groups excluding carboxylic acids is 1. The van der Waals surface area contributed by atoms with Gasteiger partial charge in [-0.15, -0.1) is 0 Å². The molecule has 0 saturated heterocycles. The second-order valence-corrected chi connectivity index (χ2v) is 8.18. The zero-order valence-corrected chi connectivity index (χ0v) is 14.6. The maximum atomic E-state index is 11.4. The van der Waals surface area contributed by atoms with Crippen molar-refractivity contribution in [3.63, 3.8) is 0 Å². The van der Waals surface area contributed by atoms with Gasteiger partial charge < -0.3 is 0 Å². The molecule has 0 unspecified atom stereocenters. The summed E-state index contributed by atoms with van der Waals surface area (Å²) in [6.45, 7) is 1.32. The van der Waals surface area contributed by atoms with Gasteiger partial charge in [-0.3, -0.25) is 0 Å². The third kappa shape index (κ3) is 2.82. The number of aromatic nitrogens is 2. The first kappa shape index (κ1) is 12.0. The summed E-state index contributed by atoms with van der Waals surface area (Å²) >= 11 is -2.26. The van der Waals surface area contributed by atoms with Gasteiger partial charge in [0.05, 0.1) is 0 Å². The van der Waals surface area contributed by atoms with Crippen LogP contribution in [0.3, 0.4) is 0 Å². The molecule has 0 fully saturated rings. The first-order valence-electron chi connectivity index (χ1n) is 4.95. The van der Waals surface area contributed by atoms with E-state index >= 15 is 0 Å². The third-order valence-corrected chi connectivity index (χ3v) is 7.60. The summed E-state index contributed by atoms with van der Waals surface area (Å²) in [7, 11) is 0. The molecule has 1 heterocycles. The van der Waals surface area contributed by atoms with Gasteiger partial charge >= 0.3 is 110 Å². The van der Waals surface area contributed by atoms with Crippen LogP contribution >= 0.6 is 0 Å². The van der Waals surface area contributed by atoms with Gasteiger partial charge in [-0.05, 0) is 0 Å². The van der Waals surface area contributed by atoms with Gasteiger partial charge in [-0.25, -0.2) is 0 Å². The molecule has 84 valence electrons. The fraction of sp³-hybridized carbons (Fsp3) is 0.100. The summed E-state index contributed by atoms with van der Waals surface area (Å²) in [5.74, 6) is -0.886. The molecule has 17 heavy (non-hydrogen) atoms. The van der Waals surface area contributed by atoms with Crippen LogP contribution in [0.1, 0.15) is 6.92 Å². The van der Waals surface area contributed by atoms with Crippen molar-refractivity contribution in [1.82, 2.24) is 5.27 Å². The van der Waals surface area contributed by atoms with E-state index in [1.165, 1.54) is 11.6 Å². The van der Waals surface area contributed by atoms with Gasteiger partial charge in [-0.1, -0.05) is 0 Å². The molecule has 0 bridgehead atoms. The second-order valence-electron chi connectivity index (χ2n) is 3.33. The predicted molar refractivity (Wildman–Crippen MR) is 48.9 cm³/mol. The van der Waals surface area contributed by atoms with Crippen LogP contribution in [0.25, 0.3) is 5.69 Å². The first-order valence-corrected chi connectivity index (χ1v) is 9.94. The molecule has 1 aromatic heterocycles. The van der Waals surface area contributed by atoms with E-state index in [-0.39, 0.29) is 5.97 Å². The Balaban J connectivity index is 2.32. The molecule has 1 aromatic carbocycles. The van der Waals surface area contributed by atoms with Crippen molar-refractivity contribution in [2.45, 2.75) is 6.92 Å². The molecule has 0 spiro atoms. The summed E-state index contributed by atoms with van der Waals surface area (Å²) in [6, 6.07) is 9.11. The number of nitrogens with zero attached hydrogens (tertiary/aromatic N) is 2. The van der Waals surface area contributed by atoms with Crippen molar-refractivity contribution in [3.05, 3.63) is 30.3 Å². The van der Waals surface area contributed by atoms with E-state index in [9.17, 15) is 9.90 Å². The molecule has 0 aliphatic carbocycles. The molecule has 2 aromatic rings. The molecule has 2 rings (SSSR count). The average molecular weight is 421 g/mol. The Kier molecular flexibility index (Phi) is 3.73. The fourth-order valence-electron chi connectivity index (χ4n) is 1.33. The summed E-state index contributed by atoms with van der Waals surface area (Å²) in [4.78, 5) is 10.8. The van der Waals surface area contributed by atoms with Crippen molar-refractivity contribution in [1.29, 1.82) is 0 Å². The van der Waals surface area contributed by atoms with Crippen LogP contribution in [0.5, 0.6) is 5.95 Å². The number of rotatable bonds is 3. The van der Waals surface area contributed by atoms with Gasteiger partial charge in [-0.2, -0.15) is 0 Å². The Morgan fingerprint density at radius 3 is 2.82 bits per heavy atom. The second kappa shape index (κ2) is 5.26. The number of hydrogen-bond acceptors (Lipinski definition) is 5. The molecule has 0 N–H and O–H groups in total.